The highest BCUT2D eigenvalue weighted by Crippen LogP contribution is 2.38. The van der Waals surface area contributed by atoms with Gasteiger partial charge in [0.05, 0.1) is 23.6 Å². The number of alkyl halides is 3. The van der Waals surface area contributed by atoms with Crippen LogP contribution in [0.3, 0.4) is 0 Å². The summed E-state index contributed by atoms with van der Waals surface area (Å²) in [6, 6.07) is 6.20. The van der Waals surface area contributed by atoms with Gasteiger partial charge in [-0.3, -0.25) is 4.99 Å². The maximum atomic E-state index is 13.8. The number of hydrogen-bond acceptors (Lipinski definition) is 3. The van der Waals surface area contributed by atoms with Gasteiger partial charge < -0.3 is 15.0 Å². The van der Waals surface area contributed by atoms with Crippen molar-refractivity contribution >= 4 is 5.96 Å². The summed E-state index contributed by atoms with van der Waals surface area (Å²) in [6.07, 6.45) is -2.43. The maximum Gasteiger partial charge on any atom is 0.416 e. The summed E-state index contributed by atoms with van der Waals surface area (Å²) >= 11 is 0. The molecule has 1 atom stereocenters. The second kappa shape index (κ2) is 8.18. The van der Waals surface area contributed by atoms with E-state index in [9.17, 15) is 13.2 Å². The highest BCUT2D eigenvalue weighted by molar-refractivity contribution is 5.80. The minimum absolute atomic E-state index is 0.0406. The molecule has 6 nitrogen and oxygen atoms in total. The molecule has 1 N–H and O–H groups in total. The van der Waals surface area contributed by atoms with Gasteiger partial charge in [-0.05, 0) is 50.5 Å². The van der Waals surface area contributed by atoms with E-state index in [1.165, 1.54) is 16.8 Å². The topological polar surface area (TPSA) is 54.7 Å². The molecule has 0 bridgehead atoms. The minimum Gasteiger partial charge on any atom is -0.381 e. The zero-order chi connectivity index (χ0) is 22.2. The Bertz CT molecular complexity index is 976. The molecule has 31 heavy (non-hydrogen) atoms. The average molecular weight is 435 g/mol. The van der Waals surface area contributed by atoms with E-state index in [-0.39, 0.29) is 17.5 Å². The number of rotatable bonds is 3. The number of nitrogens with zero attached hydrogens (tertiary/aromatic N) is 4. The second-order valence-corrected chi connectivity index (χ2v) is 8.55. The molecule has 3 heterocycles. The SMILES string of the molecule is CN=C(NCc1ccc(-n2nc(C)cc2C)cc1C(F)(F)F)N1CCC2(CCOC2)C1. The van der Waals surface area contributed by atoms with Gasteiger partial charge in [0.25, 0.3) is 0 Å². The number of aromatic nitrogens is 2. The summed E-state index contributed by atoms with van der Waals surface area (Å²) in [4.78, 5) is 6.42. The molecule has 2 saturated heterocycles. The van der Waals surface area contributed by atoms with Crippen molar-refractivity contribution in [2.75, 3.05) is 33.4 Å². The lowest BCUT2D eigenvalue weighted by atomic mass is 9.87. The lowest BCUT2D eigenvalue weighted by Crippen LogP contribution is -2.41. The molecular weight excluding hydrogens is 407 g/mol. The summed E-state index contributed by atoms with van der Waals surface area (Å²) in [5.41, 5.74) is 1.61. The molecule has 0 amide bonds. The van der Waals surface area contributed by atoms with Crippen LogP contribution in [0.15, 0.2) is 29.3 Å². The van der Waals surface area contributed by atoms with Crippen molar-refractivity contribution < 1.29 is 17.9 Å². The Morgan fingerprint density at radius 2 is 2.06 bits per heavy atom. The first-order valence-corrected chi connectivity index (χ1v) is 10.5. The molecule has 0 aliphatic carbocycles. The number of benzene rings is 1. The molecule has 1 aromatic carbocycles. The van der Waals surface area contributed by atoms with E-state index in [4.69, 9.17) is 4.74 Å². The third-order valence-electron chi connectivity index (χ3n) is 6.22. The average Bonchev–Trinajstić information content (AvgIpc) is 3.43. The number of likely N-dealkylation sites (tertiary alicyclic amines) is 1. The molecule has 0 radical (unpaired) electrons. The van der Waals surface area contributed by atoms with Crippen molar-refractivity contribution in [3.05, 3.63) is 46.8 Å². The molecular formula is C22H28F3N5O. The van der Waals surface area contributed by atoms with E-state index in [1.54, 1.807) is 13.1 Å². The molecule has 9 heteroatoms. The fraction of sp³-hybridized carbons (Fsp3) is 0.545. The van der Waals surface area contributed by atoms with Crippen LogP contribution in [0, 0.1) is 19.3 Å². The fourth-order valence-electron chi connectivity index (χ4n) is 4.60. The van der Waals surface area contributed by atoms with Gasteiger partial charge in [0.2, 0.25) is 0 Å². The van der Waals surface area contributed by atoms with E-state index in [0.717, 1.165) is 50.5 Å². The first-order valence-electron chi connectivity index (χ1n) is 10.5. The predicted molar refractivity (Wildman–Crippen MR) is 112 cm³/mol. The largest absolute Gasteiger partial charge is 0.416 e. The highest BCUT2D eigenvalue weighted by atomic mass is 19.4. The Balaban J connectivity index is 1.53. The van der Waals surface area contributed by atoms with Crippen LogP contribution in [0.25, 0.3) is 5.69 Å². The van der Waals surface area contributed by atoms with Gasteiger partial charge in [0.1, 0.15) is 0 Å². The number of aliphatic imine (C=N–C) groups is 1. The first-order chi connectivity index (χ1) is 14.7. The summed E-state index contributed by atoms with van der Waals surface area (Å²) in [5, 5.41) is 7.44. The number of aryl methyl sites for hydroxylation is 2. The van der Waals surface area contributed by atoms with Crippen LogP contribution < -0.4 is 5.32 Å². The quantitative estimate of drug-likeness (QED) is 0.590. The Morgan fingerprint density at radius 1 is 1.26 bits per heavy atom. The Hall–Kier alpha value is -2.55. The van der Waals surface area contributed by atoms with Gasteiger partial charge >= 0.3 is 6.18 Å². The molecule has 2 aliphatic rings. The molecule has 2 aliphatic heterocycles. The Kier molecular flexibility index (Phi) is 5.72. The van der Waals surface area contributed by atoms with Crippen LogP contribution in [0.1, 0.15) is 35.4 Å². The molecule has 168 valence electrons. The smallest absolute Gasteiger partial charge is 0.381 e. The zero-order valence-corrected chi connectivity index (χ0v) is 18.1. The van der Waals surface area contributed by atoms with Crippen LogP contribution in [0.4, 0.5) is 13.2 Å². The number of nitrogens with one attached hydrogen (secondary N) is 1. The number of halogens is 3. The van der Waals surface area contributed by atoms with Crippen molar-refractivity contribution in [2.24, 2.45) is 10.4 Å². The summed E-state index contributed by atoms with van der Waals surface area (Å²) < 4.78 is 48.6. The van der Waals surface area contributed by atoms with Gasteiger partial charge in [0, 0.05) is 44.4 Å². The number of hydrogen-bond donors (Lipinski definition) is 1. The Labute approximate surface area is 180 Å². The minimum atomic E-state index is -4.47. The van der Waals surface area contributed by atoms with E-state index in [0.29, 0.717) is 11.6 Å². The zero-order valence-electron chi connectivity index (χ0n) is 18.1. The molecule has 2 fully saturated rings. The lowest BCUT2D eigenvalue weighted by molar-refractivity contribution is -0.138. The summed E-state index contributed by atoms with van der Waals surface area (Å²) in [6.45, 7) is 6.84. The fourth-order valence-corrected chi connectivity index (χ4v) is 4.60. The van der Waals surface area contributed by atoms with Gasteiger partial charge in [-0.1, -0.05) is 6.07 Å². The summed E-state index contributed by atoms with van der Waals surface area (Å²) in [7, 11) is 1.66. The van der Waals surface area contributed by atoms with Crippen LogP contribution in [-0.2, 0) is 17.5 Å². The third kappa shape index (κ3) is 4.42. The van der Waals surface area contributed by atoms with Crippen molar-refractivity contribution in [1.29, 1.82) is 0 Å². The molecule has 1 unspecified atom stereocenters. The van der Waals surface area contributed by atoms with E-state index >= 15 is 0 Å². The summed E-state index contributed by atoms with van der Waals surface area (Å²) in [5.74, 6) is 0.625. The van der Waals surface area contributed by atoms with Crippen LogP contribution in [0.2, 0.25) is 0 Å². The van der Waals surface area contributed by atoms with Crippen LogP contribution >= 0.6 is 0 Å². The van der Waals surface area contributed by atoms with Crippen molar-refractivity contribution in [1.82, 2.24) is 20.0 Å². The van der Waals surface area contributed by atoms with Crippen molar-refractivity contribution in [3.8, 4) is 5.69 Å². The van der Waals surface area contributed by atoms with Crippen LogP contribution in [-0.4, -0.2) is 54.0 Å². The van der Waals surface area contributed by atoms with Crippen LogP contribution in [0.5, 0.6) is 0 Å². The normalized spacial score (nSPS) is 22.0. The van der Waals surface area contributed by atoms with E-state index < -0.39 is 11.7 Å². The van der Waals surface area contributed by atoms with Gasteiger partial charge in [-0.2, -0.15) is 18.3 Å². The molecule has 4 rings (SSSR count). The first kappa shape index (κ1) is 21.7. The predicted octanol–water partition coefficient (Wildman–Crippen LogP) is 3.70. The number of ether oxygens (including phenoxy) is 1. The standard InChI is InChI=1S/C22H28F3N5O/c1-15-10-16(2)30(28-15)18-5-4-17(19(11-18)22(23,24)25)12-27-20(26-3)29-8-6-21(13-29)7-9-31-14-21/h4-5,10-11H,6-9,12-14H2,1-3H3,(H,26,27). The van der Waals surface area contributed by atoms with Gasteiger partial charge in [0.15, 0.2) is 5.96 Å². The maximum absolute atomic E-state index is 13.8. The number of guanidine groups is 1. The van der Waals surface area contributed by atoms with E-state index in [2.05, 4.69) is 20.3 Å². The van der Waals surface area contributed by atoms with Gasteiger partial charge in [-0.25, -0.2) is 4.68 Å². The van der Waals surface area contributed by atoms with Gasteiger partial charge in [-0.15, -0.1) is 0 Å². The molecule has 0 saturated carbocycles. The van der Waals surface area contributed by atoms with Crippen molar-refractivity contribution in [3.63, 3.8) is 0 Å². The molecule has 1 aromatic heterocycles. The molecule has 2 aromatic rings. The molecule has 1 spiro atoms. The van der Waals surface area contributed by atoms with E-state index in [1.807, 2.05) is 19.9 Å². The van der Waals surface area contributed by atoms with Crippen molar-refractivity contribution in [2.45, 2.75) is 39.4 Å². The highest BCUT2D eigenvalue weighted by Gasteiger charge is 2.42. The lowest BCUT2D eigenvalue weighted by Gasteiger charge is -2.25. The third-order valence-corrected chi connectivity index (χ3v) is 6.22. The monoisotopic (exact) mass is 435 g/mol. The second-order valence-electron chi connectivity index (χ2n) is 8.55. The Morgan fingerprint density at radius 3 is 2.68 bits per heavy atom.